The van der Waals surface area contributed by atoms with E-state index >= 15 is 0 Å². The van der Waals surface area contributed by atoms with E-state index in [9.17, 15) is 19.2 Å². The minimum absolute atomic E-state index is 0.0188. The number of nitrogens with two attached hydrogens (primary N) is 1. The fourth-order valence-electron chi connectivity index (χ4n) is 2.44. The van der Waals surface area contributed by atoms with Crippen LogP contribution in [0, 0.1) is 0 Å². The van der Waals surface area contributed by atoms with Crippen LogP contribution in [0.5, 0.6) is 0 Å². The van der Waals surface area contributed by atoms with Crippen molar-refractivity contribution in [2.75, 3.05) is 0 Å². The summed E-state index contributed by atoms with van der Waals surface area (Å²) in [6.07, 6.45) is -0.0593. The fourth-order valence-corrected chi connectivity index (χ4v) is 2.57. The maximum Gasteiger partial charge on any atom is 0.260 e. The third-order valence-electron chi connectivity index (χ3n) is 3.94. The van der Waals surface area contributed by atoms with Crippen LogP contribution >= 0.6 is 11.6 Å². The lowest BCUT2D eigenvalue weighted by Gasteiger charge is -2.18. The van der Waals surface area contributed by atoms with Crippen LogP contribution in [0.3, 0.4) is 0 Å². The van der Waals surface area contributed by atoms with E-state index in [0.29, 0.717) is 10.6 Å². The normalized spacial score (nSPS) is 11.2. The molecule has 0 heterocycles. The van der Waals surface area contributed by atoms with Gasteiger partial charge in [-0.2, -0.15) is 0 Å². The van der Waals surface area contributed by atoms with Crippen molar-refractivity contribution in [2.24, 2.45) is 5.73 Å². The molecule has 0 saturated heterocycles. The summed E-state index contributed by atoms with van der Waals surface area (Å²) in [4.78, 5) is 47.8. The topological polar surface area (TPSA) is 130 Å². The Morgan fingerprint density at radius 1 is 0.931 bits per heavy atom. The Kier molecular flexibility index (Phi) is 8.17. The summed E-state index contributed by atoms with van der Waals surface area (Å²) in [6, 6.07) is 14.0. The largest absolute Gasteiger partial charge is 0.370 e. The number of hydrazine groups is 1. The van der Waals surface area contributed by atoms with Gasteiger partial charge >= 0.3 is 0 Å². The number of halogens is 1. The molecule has 8 nitrogen and oxygen atoms in total. The molecule has 1 atom stereocenters. The summed E-state index contributed by atoms with van der Waals surface area (Å²) < 4.78 is 0. The number of hydrogen-bond acceptors (Lipinski definition) is 4. The average molecular weight is 417 g/mol. The summed E-state index contributed by atoms with van der Waals surface area (Å²) in [5.41, 5.74) is 10.8. The summed E-state index contributed by atoms with van der Waals surface area (Å²) in [5.74, 6) is -2.24. The van der Waals surface area contributed by atoms with Crippen LogP contribution in [0.2, 0.25) is 5.02 Å². The minimum atomic E-state index is -1.07. The Hall–Kier alpha value is -3.39. The zero-order valence-electron chi connectivity index (χ0n) is 15.5. The number of primary amides is 1. The van der Waals surface area contributed by atoms with Gasteiger partial charge in [0.1, 0.15) is 6.04 Å². The molecule has 2 aromatic carbocycles. The number of benzene rings is 2. The van der Waals surface area contributed by atoms with Gasteiger partial charge in [-0.05, 0) is 36.2 Å². The molecule has 29 heavy (non-hydrogen) atoms. The molecule has 2 aromatic rings. The highest BCUT2D eigenvalue weighted by Crippen LogP contribution is 2.10. The highest BCUT2D eigenvalue weighted by molar-refractivity contribution is 6.30. The first-order valence-electron chi connectivity index (χ1n) is 8.82. The van der Waals surface area contributed by atoms with Crippen LogP contribution in [0.1, 0.15) is 28.8 Å². The van der Waals surface area contributed by atoms with E-state index in [-0.39, 0.29) is 19.3 Å². The summed E-state index contributed by atoms with van der Waals surface area (Å²) in [6.45, 7) is 0. The molecule has 0 radical (unpaired) electrons. The average Bonchev–Trinajstić information content (AvgIpc) is 2.70. The SMILES string of the molecule is NC(=O)CCC(NC(=O)c1ccc(Cl)cc1)C(=O)NNC(=O)Cc1ccccc1. The van der Waals surface area contributed by atoms with Crippen LogP contribution in [0.4, 0.5) is 0 Å². The second-order valence-corrected chi connectivity index (χ2v) is 6.67. The van der Waals surface area contributed by atoms with Crippen molar-refractivity contribution in [3.8, 4) is 0 Å². The zero-order valence-corrected chi connectivity index (χ0v) is 16.2. The number of amides is 4. The minimum Gasteiger partial charge on any atom is -0.370 e. The zero-order chi connectivity index (χ0) is 21.2. The van der Waals surface area contributed by atoms with Gasteiger partial charge in [-0.1, -0.05) is 41.9 Å². The molecule has 0 aliphatic rings. The third-order valence-corrected chi connectivity index (χ3v) is 4.19. The molecule has 0 spiro atoms. The fraction of sp³-hybridized carbons (Fsp3) is 0.200. The first-order chi connectivity index (χ1) is 13.8. The van der Waals surface area contributed by atoms with Gasteiger partial charge in [0.05, 0.1) is 6.42 Å². The Labute approximate surface area is 172 Å². The highest BCUT2D eigenvalue weighted by Gasteiger charge is 2.22. The monoisotopic (exact) mass is 416 g/mol. The van der Waals surface area contributed by atoms with E-state index in [1.807, 2.05) is 6.07 Å². The lowest BCUT2D eigenvalue weighted by Crippen LogP contribution is -2.52. The van der Waals surface area contributed by atoms with Crippen LogP contribution in [-0.2, 0) is 20.8 Å². The highest BCUT2D eigenvalue weighted by atomic mass is 35.5. The van der Waals surface area contributed by atoms with Crippen LogP contribution in [-0.4, -0.2) is 29.7 Å². The van der Waals surface area contributed by atoms with Gasteiger partial charge < -0.3 is 11.1 Å². The van der Waals surface area contributed by atoms with Gasteiger partial charge in [0.2, 0.25) is 11.8 Å². The van der Waals surface area contributed by atoms with Gasteiger partial charge in [-0.3, -0.25) is 30.0 Å². The Balaban J connectivity index is 1.95. The molecule has 0 aliphatic heterocycles. The van der Waals surface area contributed by atoms with Crippen LogP contribution in [0.25, 0.3) is 0 Å². The van der Waals surface area contributed by atoms with Gasteiger partial charge in [0, 0.05) is 17.0 Å². The maximum atomic E-state index is 12.4. The molecule has 5 N–H and O–H groups in total. The molecule has 0 fully saturated rings. The van der Waals surface area contributed by atoms with E-state index in [0.717, 1.165) is 5.56 Å². The van der Waals surface area contributed by atoms with Gasteiger partial charge in [0.15, 0.2) is 0 Å². The number of rotatable bonds is 8. The lowest BCUT2D eigenvalue weighted by atomic mass is 10.1. The first kappa shape index (κ1) is 21.9. The van der Waals surface area contributed by atoms with Crippen molar-refractivity contribution in [1.82, 2.24) is 16.2 Å². The maximum absolute atomic E-state index is 12.4. The molecule has 1 unspecified atom stereocenters. The van der Waals surface area contributed by atoms with Crippen molar-refractivity contribution in [3.05, 3.63) is 70.7 Å². The predicted molar refractivity (Wildman–Crippen MR) is 108 cm³/mol. The van der Waals surface area contributed by atoms with E-state index in [1.54, 1.807) is 36.4 Å². The number of nitrogens with one attached hydrogen (secondary N) is 3. The molecule has 152 valence electrons. The van der Waals surface area contributed by atoms with E-state index in [1.165, 1.54) is 12.1 Å². The van der Waals surface area contributed by atoms with Gasteiger partial charge in [-0.15, -0.1) is 0 Å². The molecular formula is C20H21ClN4O4. The summed E-state index contributed by atoms with van der Waals surface area (Å²) in [5, 5.41) is 2.99. The Bertz CT molecular complexity index is 872. The Morgan fingerprint density at radius 3 is 2.21 bits per heavy atom. The van der Waals surface area contributed by atoms with Crippen LogP contribution in [0.15, 0.2) is 54.6 Å². The molecule has 4 amide bonds. The number of hydrogen-bond donors (Lipinski definition) is 4. The lowest BCUT2D eigenvalue weighted by molar-refractivity contribution is -0.130. The van der Waals surface area contributed by atoms with E-state index < -0.39 is 29.7 Å². The van der Waals surface area contributed by atoms with E-state index in [4.69, 9.17) is 17.3 Å². The number of carbonyl (C=O) groups excluding carboxylic acids is 4. The molecule has 0 saturated carbocycles. The quantitative estimate of drug-likeness (QED) is 0.480. The first-order valence-corrected chi connectivity index (χ1v) is 9.20. The van der Waals surface area contributed by atoms with Crippen molar-refractivity contribution < 1.29 is 19.2 Å². The summed E-state index contributed by atoms with van der Waals surface area (Å²) in [7, 11) is 0. The summed E-state index contributed by atoms with van der Waals surface area (Å²) >= 11 is 5.80. The van der Waals surface area contributed by atoms with Gasteiger partial charge in [0.25, 0.3) is 11.8 Å². The van der Waals surface area contributed by atoms with Crippen molar-refractivity contribution in [3.63, 3.8) is 0 Å². The Morgan fingerprint density at radius 2 is 1.59 bits per heavy atom. The van der Waals surface area contributed by atoms with Gasteiger partial charge in [-0.25, -0.2) is 0 Å². The number of carbonyl (C=O) groups is 4. The molecular weight excluding hydrogens is 396 g/mol. The second kappa shape index (κ2) is 10.8. The van der Waals surface area contributed by atoms with Crippen molar-refractivity contribution >= 4 is 35.2 Å². The molecule has 2 rings (SSSR count). The van der Waals surface area contributed by atoms with E-state index in [2.05, 4.69) is 16.2 Å². The standard InChI is InChI=1S/C20H21ClN4O4/c21-15-8-6-14(7-9-15)19(28)23-16(10-11-17(22)26)20(29)25-24-18(27)12-13-4-2-1-3-5-13/h1-9,16H,10-12H2,(H2,22,26)(H,23,28)(H,24,27)(H,25,29). The second-order valence-electron chi connectivity index (χ2n) is 6.24. The smallest absolute Gasteiger partial charge is 0.260 e. The predicted octanol–water partition coefficient (Wildman–Crippen LogP) is 1.09. The molecule has 0 aromatic heterocycles. The van der Waals surface area contributed by atoms with Crippen molar-refractivity contribution in [2.45, 2.75) is 25.3 Å². The molecule has 9 heteroatoms. The van der Waals surface area contributed by atoms with Crippen LogP contribution < -0.4 is 21.9 Å². The molecule has 0 bridgehead atoms. The molecule has 0 aliphatic carbocycles. The van der Waals surface area contributed by atoms with Crippen molar-refractivity contribution in [1.29, 1.82) is 0 Å². The third kappa shape index (κ3) is 7.63.